The summed E-state index contributed by atoms with van der Waals surface area (Å²) in [6, 6.07) is 8.86. The molecule has 3 heteroatoms. The van der Waals surface area contributed by atoms with Gasteiger partial charge in [-0.3, -0.25) is 4.99 Å². The van der Waals surface area contributed by atoms with E-state index >= 15 is 0 Å². The van der Waals surface area contributed by atoms with Gasteiger partial charge in [-0.05, 0) is 41.2 Å². The second-order valence-electron chi connectivity index (χ2n) is 6.26. The van der Waals surface area contributed by atoms with E-state index in [4.69, 9.17) is 5.73 Å². The SMILES string of the molecule is CC(C)CN=C(N)NCC1C2Cc3ccccc3C12. The highest BCUT2D eigenvalue weighted by molar-refractivity contribution is 5.77. The van der Waals surface area contributed by atoms with Crippen LogP contribution in [0.15, 0.2) is 29.3 Å². The Morgan fingerprint density at radius 3 is 3.00 bits per heavy atom. The van der Waals surface area contributed by atoms with Gasteiger partial charge in [0.15, 0.2) is 5.96 Å². The first kappa shape index (κ1) is 12.5. The minimum absolute atomic E-state index is 0.563. The Morgan fingerprint density at radius 1 is 1.42 bits per heavy atom. The summed E-state index contributed by atoms with van der Waals surface area (Å²) >= 11 is 0. The zero-order valence-corrected chi connectivity index (χ0v) is 11.8. The van der Waals surface area contributed by atoms with Crippen LogP contribution in [0.25, 0.3) is 0 Å². The van der Waals surface area contributed by atoms with Crippen molar-refractivity contribution in [3.8, 4) is 0 Å². The van der Waals surface area contributed by atoms with E-state index in [2.05, 4.69) is 48.4 Å². The van der Waals surface area contributed by atoms with Gasteiger partial charge in [0, 0.05) is 13.1 Å². The van der Waals surface area contributed by atoms with Crippen LogP contribution in [0.3, 0.4) is 0 Å². The molecule has 1 aromatic carbocycles. The van der Waals surface area contributed by atoms with Gasteiger partial charge in [-0.15, -0.1) is 0 Å². The van der Waals surface area contributed by atoms with Crippen LogP contribution >= 0.6 is 0 Å². The second kappa shape index (κ2) is 4.87. The van der Waals surface area contributed by atoms with Gasteiger partial charge in [-0.2, -0.15) is 0 Å². The second-order valence-corrected chi connectivity index (χ2v) is 6.26. The van der Waals surface area contributed by atoms with E-state index in [0.29, 0.717) is 11.9 Å². The number of nitrogens with one attached hydrogen (secondary N) is 1. The Balaban J connectivity index is 1.52. The maximum atomic E-state index is 5.88. The van der Waals surface area contributed by atoms with Crippen LogP contribution < -0.4 is 11.1 Å². The van der Waals surface area contributed by atoms with Gasteiger partial charge in [0.1, 0.15) is 0 Å². The van der Waals surface area contributed by atoms with Gasteiger partial charge < -0.3 is 11.1 Å². The van der Waals surface area contributed by atoms with Gasteiger partial charge in [0.25, 0.3) is 0 Å². The molecule has 3 N–H and O–H groups in total. The number of guanidine groups is 1. The highest BCUT2D eigenvalue weighted by atomic mass is 15.1. The van der Waals surface area contributed by atoms with Crippen molar-refractivity contribution in [2.75, 3.05) is 13.1 Å². The Morgan fingerprint density at radius 2 is 2.21 bits per heavy atom. The van der Waals surface area contributed by atoms with Crippen LogP contribution in [-0.4, -0.2) is 19.0 Å². The molecule has 0 aromatic heterocycles. The van der Waals surface area contributed by atoms with Crippen LogP contribution in [0, 0.1) is 17.8 Å². The highest BCUT2D eigenvalue weighted by Crippen LogP contribution is 2.60. The molecule has 1 aromatic rings. The van der Waals surface area contributed by atoms with Crippen molar-refractivity contribution in [3.05, 3.63) is 35.4 Å². The van der Waals surface area contributed by atoms with Crippen LogP contribution in [0.1, 0.15) is 30.9 Å². The normalized spacial score (nSPS) is 28.2. The Labute approximate surface area is 115 Å². The molecule has 3 nitrogen and oxygen atoms in total. The molecule has 0 bridgehead atoms. The largest absolute Gasteiger partial charge is 0.370 e. The van der Waals surface area contributed by atoms with Crippen LogP contribution in [-0.2, 0) is 6.42 Å². The lowest BCUT2D eigenvalue weighted by molar-refractivity contribution is 0.645. The summed E-state index contributed by atoms with van der Waals surface area (Å²) in [5.41, 5.74) is 9.00. The van der Waals surface area contributed by atoms with E-state index in [0.717, 1.165) is 30.8 Å². The summed E-state index contributed by atoms with van der Waals surface area (Å²) in [5, 5.41) is 3.29. The molecule has 0 saturated heterocycles. The maximum Gasteiger partial charge on any atom is 0.188 e. The summed E-state index contributed by atoms with van der Waals surface area (Å²) in [6.45, 7) is 6.08. The average Bonchev–Trinajstić information content (AvgIpc) is 2.93. The molecule has 102 valence electrons. The van der Waals surface area contributed by atoms with Crippen molar-refractivity contribution >= 4 is 5.96 Å². The maximum absolute atomic E-state index is 5.88. The van der Waals surface area contributed by atoms with Crippen molar-refractivity contribution in [2.24, 2.45) is 28.5 Å². The number of aliphatic imine (C=N–C) groups is 1. The first-order chi connectivity index (χ1) is 9.16. The third-order valence-corrected chi connectivity index (χ3v) is 4.35. The zero-order valence-electron chi connectivity index (χ0n) is 11.8. The summed E-state index contributed by atoms with van der Waals surface area (Å²) in [4.78, 5) is 4.34. The smallest absolute Gasteiger partial charge is 0.188 e. The Hall–Kier alpha value is -1.51. The van der Waals surface area contributed by atoms with E-state index in [1.165, 1.54) is 6.42 Å². The number of benzene rings is 1. The lowest BCUT2D eigenvalue weighted by Crippen LogP contribution is -2.34. The lowest BCUT2D eigenvalue weighted by atomic mass is 10.0. The van der Waals surface area contributed by atoms with Gasteiger partial charge in [-0.1, -0.05) is 38.1 Å². The van der Waals surface area contributed by atoms with Crippen LogP contribution in [0.4, 0.5) is 0 Å². The molecule has 0 heterocycles. The molecule has 0 aliphatic heterocycles. The molecule has 3 unspecified atom stereocenters. The molecule has 2 aliphatic rings. The van der Waals surface area contributed by atoms with Gasteiger partial charge in [0.05, 0.1) is 0 Å². The van der Waals surface area contributed by atoms with E-state index in [1.54, 1.807) is 11.1 Å². The number of rotatable bonds is 4. The molecule has 3 atom stereocenters. The van der Waals surface area contributed by atoms with Crippen molar-refractivity contribution in [3.63, 3.8) is 0 Å². The summed E-state index contributed by atoms with van der Waals surface area (Å²) in [5.74, 6) is 3.52. The van der Waals surface area contributed by atoms with Crippen molar-refractivity contribution < 1.29 is 0 Å². The lowest BCUT2D eigenvalue weighted by Gasteiger charge is -2.09. The summed E-state index contributed by atoms with van der Waals surface area (Å²) in [7, 11) is 0. The molecule has 0 spiro atoms. The summed E-state index contributed by atoms with van der Waals surface area (Å²) in [6.07, 6.45) is 1.25. The molecule has 1 fully saturated rings. The summed E-state index contributed by atoms with van der Waals surface area (Å²) < 4.78 is 0. The van der Waals surface area contributed by atoms with Gasteiger partial charge in [0.2, 0.25) is 0 Å². The fraction of sp³-hybridized carbons (Fsp3) is 0.562. The van der Waals surface area contributed by atoms with Crippen molar-refractivity contribution in [1.29, 1.82) is 0 Å². The highest BCUT2D eigenvalue weighted by Gasteiger charge is 2.54. The molecular formula is C16H23N3. The standard InChI is InChI=1S/C16H23N3/c1-10(2)8-18-16(17)19-9-14-13-7-11-5-3-4-6-12(11)15(13)14/h3-6,10,13-15H,7-9H2,1-2H3,(H3,17,18,19). The first-order valence-corrected chi connectivity index (χ1v) is 7.28. The Bertz CT molecular complexity index is 493. The predicted octanol–water partition coefficient (Wildman–Crippen LogP) is 2.13. The number of fused-ring (bicyclic) bond motifs is 3. The fourth-order valence-electron chi connectivity index (χ4n) is 3.32. The van der Waals surface area contributed by atoms with E-state index in [-0.39, 0.29) is 0 Å². The zero-order chi connectivity index (χ0) is 13.4. The third-order valence-electron chi connectivity index (χ3n) is 4.35. The topological polar surface area (TPSA) is 50.4 Å². The van der Waals surface area contributed by atoms with Crippen molar-refractivity contribution in [1.82, 2.24) is 5.32 Å². The number of nitrogens with zero attached hydrogens (tertiary/aromatic N) is 1. The molecular weight excluding hydrogens is 234 g/mol. The molecule has 19 heavy (non-hydrogen) atoms. The fourth-order valence-corrected chi connectivity index (χ4v) is 3.32. The van der Waals surface area contributed by atoms with Crippen LogP contribution in [0.5, 0.6) is 0 Å². The molecule has 0 radical (unpaired) electrons. The Kier molecular flexibility index (Phi) is 3.21. The minimum Gasteiger partial charge on any atom is -0.370 e. The predicted molar refractivity (Wildman–Crippen MR) is 79.2 cm³/mol. The van der Waals surface area contributed by atoms with E-state index < -0.39 is 0 Å². The first-order valence-electron chi connectivity index (χ1n) is 7.28. The number of hydrogen-bond donors (Lipinski definition) is 2. The molecule has 2 aliphatic carbocycles. The molecule has 3 rings (SSSR count). The monoisotopic (exact) mass is 257 g/mol. The molecule has 0 amide bonds. The van der Waals surface area contributed by atoms with E-state index in [1.807, 2.05) is 0 Å². The quantitative estimate of drug-likeness (QED) is 0.641. The van der Waals surface area contributed by atoms with E-state index in [9.17, 15) is 0 Å². The average molecular weight is 257 g/mol. The van der Waals surface area contributed by atoms with Crippen LogP contribution in [0.2, 0.25) is 0 Å². The molecule has 1 saturated carbocycles. The van der Waals surface area contributed by atoms with Gasteiger partial charge >= 0.3 is 0 Å². The number of hydrogen-bond acceptors (Lipinski definition) is 1. The minimum atomic E-state index is 0.563. The van der Waals surface area contributed by atoms with Crippen molar-refractivity contribution in [2.45, 2.75) is 26.2 Å². The van der Waals surface area contributed by atoms with Gasteiger partial charge in [-0.25, -0.2) is 0 Å². The number of nitrogens with two attached hydrogens (primary N) is 1. The third kappa shape index (κ3) is 2.46.